The zero-order valence-electron chi connectivity index (χ0n) is 5.91. The van der Waals surface area contributed by atoms with Crippen LogP contribution in [0.3, 0.4) is 0 Å². The average Bonchev–Trinajstić information content (AvgIpc) is 2.36. The van der Waals surface area contributed by atoms with Crippen molar-refractivity contribution in [2.75, 3.05) is 6.54 Å². The van der Waals surface area contributed by atoms with E-state index < -0.39 is 0 Å². The molecule has 0 fully saturated rings. The standard InChI is InChI=1S/C7H9NOS.ClH/c9-6-4-8-3-5-1-2-10-7(5)6;/h1-2,6,8-9H,3-4H2;1H. The van der Waals surface area contributed by atoms with Crippen molar-refractivity contribution in [1.82, 2.24) is 5.32 Å². The van der Waals surface area contributed by atoms with Crippen LogP contribution in [0.1, 0.15) is 16.5 Å². The molecule has 62 valence electrons. The molecule has 2 rings (SSSR count). The largest absolute Gasteiger partial charge is 0.386 e. The van der Waals surface area contributed by atoms with Crippen LogP contribution < -0.4 is 5.32 Å². The van der Waals surface area contributed by atoms with E-state index in [-0.39, 0.29) is 18.5 Å². The first-order valence-electron chi connectivity index (χ1n) is 3.33. The van der Waals surface area contributed by atoms with Gasteiger partial charge in [-0.1, -0.05) is 0 Å². The summed E-state index contributed by atoms with van der Waals surface area (Å²) in [5.41, 5.74) is 1.25. The van der Waals surface area contributed by atoms with Crippen LogP contribution in [0.5, 0.6) is 0 Å². The fourth-order valence-electron chi connectivity index (χ4n) is 1.22. The topological polar surface area (TPSA) is 32.3 Å². The van der Waals surface area contributed by atoms with E-state index in [1.165, 1.54) is 5.56 Å². The Morgan fingerprint density at radius 3 is 3.18 bits per heavy atom. The molecule has 0 radical (unpaired) electrons. The first kappa shape index (κ1) is 9.00. The Hall–Kier alpha value is -0.0900. The Morgan fingerprint density at radius 2 is 2.45 bits per heavy atom. The minimum absolute atomic E-state index is 0. The van der Waals surface area contributed by atoms with Gasteiger partial charge in [-0.25, -0.2) is 0 Å². The van der Waals surface area contributed by atoms with E-state index in [0.717, 1.165) is 11.4 Å². The average molecular weight is 192 g/mol. The van der Waals surface area contributed by atoms with E-state index in [1.54, 1.807) is 11.3 Å². The summed E-state index contributed by atoms with van der Waals surface area (Å²) in [6.45, 7) is 1.61. The number of aliphatic hydroxyl groups excluding tert-OH is 1. The lowest BCUT2D eigenvalue weighted by Gasteiger charge is -2.17. The minimum Gasteiger partial charge on any atom is -0.386 e. The fraction of sp³-hybridized carbons (Fsp3) is 0.429. The number of fused-ring (bicyclic) bond motifs is 1. The van der Waals surface area contributed by atoms with Crippen molar-refractivity contribution < 1.29 is 5.11 Å². The molecule has 0 aliphatic carbocycles. The summed E-state index contributed by atoms with van der Waals surface area (Å²) in [5, 5.41) is 14.6. The third kappa shape index (κ3) is 1.56. The van der Waals surface area contributed by atoms with E-state index in [2.05, 4.69) is 11.4 Å². The highest BCUT2D eigenvalue weighted by molar-refractivity contribution is 7.10. The van der Waals surface area contributed by atoms with Gasteiger partial charge in [0.25, 0.3) is 0 Å². The van der Waals surface area contributed by atoms with Crippen LogP contribution in [0.25, 0.3) is 0 Å². The van der Waals surface area contributed by atoms with Crippen molar-refractivity contribution in [2.24, 2.45) is 0 Å². The molecule has 0 saturated carbocycles. The second kappa shape index (κ2) is 3.54. The van der Waals surface area contributed by atoms with Crippen molar-refractivity contribution in [3.8, 4) is 0 Å². The van der Waals surface area contributed by atoms with Crippen LogP contribution in [-0.4, -0.2) is 11.7 Å². The molecule has 2 nitrogen and oxygen atoms in total. The van der Waals surface area contributed by atoms with Gasteiger partial charge in [-0.15, -0.1) is 23.7 Å². The fourth-order valence-corrected chi connectivity index (χ4v) is 2.13. The summed E-state index contributed by atoms with van der Waals surface area (Å²) in [7, 11) is 0. The monoisotopic (exact) mass is 191 g/mol. The van der Waals surface area contributed by atoms with Crippen LogP contribution in [0.2, 0.25) is 0 Å². The summed E-state index contributed by atoms with van der Waals surface area (Å²) >= 11 is 1.64. The molecule has 0 amide bonds. The first-order chi connectivity index (χ1) is 4.88. The third-order valence-electron chi connectivity index (χ3n) is 1.74. The van der Waals surface area contributed by atoms with E-state index >= 15 is 0 Å². The number of rotatable bonds is 0. The maximum atomic E-state index is 9.40. The molecule has 1 aliphatic rings. The van der Waals surface area contributed by atoms with Gasteiger partial charge in [0.1, 0.15) is 6.10 Å². The van der Waals surface area contributed by atoms with Crippen LogP contribution >= 0.6 is 23.7 Å². The van der Waals surface area contributed by atoms with Crippen molar-refractivity contribution in [2.45, 2.75) is 12.6 Å². The smallest absolute Gasteiger partial charge is 0.101 e. The lowest BCUT2D eigenvalue weighted by molar-refractivity contribution is 0.169. The van der Waals surface area contributed by atoms with Gasteiger partial charge in [-0.2, -0.15) is 0 Å². The molecule has 4 heteroatoms. The zero-order valence-corrected chi connectivity index (χ0v) is 7.54. The van der Waals surface area contributed by atoms with E-state index in [0.29, 0.717) is 6.54 Å². The highest BCUT2D eigenvalue weighted by atomic mass is 35.5. The summed E-state index contributed by atoms with van der Waals surface area (Å²) in [6, 6.07) is 2.06. The van der Waals surface area contributed by atoms with Crippen LogP contribution in [0.4, 0.5) is 0 Å². The molecule has 1 aliphatic heterocycles. The molecule has 0 aromatic carbocycles. The lowest BCUT2D eigenvalue weighted by atomic mass is 10.1. The first-order valence-corrected chi connectivity index (χ1v) is 4.21. The number of hydrogen-bond acceptors (Lipinski definition) is 3. The summed E-state index contributed by atoms with van der Waals surface area (Å²) in [6.07, 6.45) is -0.274. The number of β-amino-alcohol motifs (C(OH)–C–C–N with tert-alkyl or cyclic N) is 1. The molecule has 1 unspecified atom stereocenters. The number of nitrogens with one attached hydrogen (secondary N) is 1. The van der Waals surface area contributed by atoms with Gasteiger partial charge in [-0.05, 0) is 17.0 Å². The van der Waals surface area contributed by atoms with Crippen molar-refractivity contribution in [3.05, 3.63) is 21.9 Å². The van der Waals surface area contributed by atoms with Crippen LogP contribution in [-0.2, 0) is 6.54 Å². The molecule has 1 aromatic rings. The molecule has 11 heavy (non-hydrogen) atoms. The van der Waals surface area contributed by atoms with Gasteiger partial charge in [0.05, 0.1) is 0 Å². The molecule has 1 atom stereocenters. The zero-order chi connectivity index (χ0) is 6.97. The molecule has 1 aromatic heterocycles. The molecular formula is C7H10ClNOS. The maximum absolute atomic E-state index is 9.40. The molecule has 0 saturated heterocycles. The Morgan fingerprint density at radius 1 is 1.64 bits per heavy atom. The van der Waals surface area contributed by atoms with Gasteiger partial charge in [0, 0.05) is 18.0 Å². The number of aliphatic hydroxyl groups is 1. The van der Waals surface area contributed by atoms with Gasteiger partial charge >= 0.3 is 0 Å². The number of hydrogen-bond donors (Lipinski definition) is 2. The SMILES string of the molecule is Cl.OC1CNCc2ccsc21. The molecule has 0 spiro atoms. The van der Waals surface area contributed by atoms with E-state index in [9.17, 15) is 5.11 Å². The minimum atomic E-state index is -0.274. The summed E-state index contributed by atoms with van der Waals surface area (Å²) < 4.78 is 0. The van der Waals surface area contributed by atoms with Gasteiger partial charge in [-0.3, -0.25) is 0 Å². The lowest BCUT2D eigenvalue weighted by Crippen LogP contribution is -2.26. The number of thiophene rings is 1. The quantitative estimate of drug-likeness (QED) is 0.648. The van der Waals surface area contributed by atoms with Crippen molar-refractivity contribution >= 4 is 23.7 Å². The van der Waals surface area contributed by atoms with Crippen LogP contribution in [0, 0.1) is 0 Å². The van der Waals surface area contributed by atoms with Crippen molar-refractivity contribution in [3.63, 3.8) is 0 Å². The van der Waals surface area contributed by atoms with E-state index in [1.807, 2.05) is 5.38 Å². The number of halogens is 1. The Bertz CT molecular complexity index is 238. The third-order valence-corrected chi connectivity index (χ3v) is 2.80. The summed E-state index contributed by atoms with van der Waals surface area (Å²) in [5.74, 6) is 0. The summed E-state index contributed by atoms with van der Waals surface area (Å²) in [4.78, 5) is 1.14. The molecule has 2 N–H and O–H groups in total. The Balaban J connectivity index is 0.000000605. The van der Waals surface area contributed by atoms with Gasteiger partial charge in [0.2, 0.25) is 0 Å². The van der Waals surface area contributed by atoms with Gasteiger partial charge < -0.3 is 10.4 Å². The molecular weight excluding hydrogens is 182 g/mol. The van der Waals surface area contributed by atoms with Crippen LogP contribution in [0.15, 0.2) is 11.4 Å². The highest BCUT2D eigenvalue weighted by Gasteiger charge is 2.17. The van der Waals surface area contributed by atoms with Gasteiger partial charge in [0.15, 0.2) is 0 Å². The predicted octanol–water partition coefficient (Wildman–Crippen LogP) is 1.31. The normalized spacial score (nSPS) is 22.1. The predicted molar refractivity (Wildman–Crippen MR) is 48.2 cm³/mol. The maximum Gasteiger partial charge on any atom is 0.101 e. The highest BCUT2D eigenvalue weighted by Crippen LogP contribution is 2.26. The van der Waals surface area contributed by atoms with Crippen molar-refractivity contribution in [1.29, 1.82) is 0 Å². The Kier molecular flexibility index (Phi) is 2.90. The van der Waals surface area contributed by atoms with E-state index in [4.69, 9.17) is 0 Å². The molecule has 2 heterocycles. The molecule has 0 bridgehead atoms. The second-order valence-corrected chi connectivity index (χ2v) is 3.40. The second-order valence-electron chi connectivity index (χ2n) is 2.46. The Labute approximate surface area is 75.7 Å².